The fourth-order valence-corrected chi connectivity index (χ4v) is 2.51. The van der Waals surface area contributed by atoms with E-state index in [1.54, 1.807) is 7.11 Å². The first-order chi connectivity index (χ1) is 14.0. The molecule has 0 spiro atoms. The van der Waals surface area contributed by atoms with Crippen molar-refractivity contribution in [1.29, 1.82) is 0 Å². The monoisotopic (exact) mass is 530 g/mol. The molecule has 0 aliphatic rings. The van der Waals surface area contributed by atoms with Gasteiger partial charge in [-0.2, -0.15) is 0 Å². The zero-order valence-electron chi connectivity index (χ0n) is 18.6. The molecule has 0 fully saturated rings. The number of rotatable bonds is 11. The van der Waals surface area contributed by atoms with E-state index >= 15 is 0 Å². The van der Waals surface area contributed by atoms with Gasteiger partial charge in [0.1, 0.15) is 11.6 Å². The molecule has 30 heavy (non-hydrogen) atoms. The third kappa shape index (κ3) is 9.29. The number of aromatic nitrogens is 3. The van der Waals surface area contributed by atoms with Crippen LogP contribution in [0.25, 0.3) is 0 Å². The predicted octanol–water partition coefficient (Wildman–Crippen LogP) is 3.05. The van der Waals surface area contributed by atoms with Gasteiger partial charge in [0.2, 0.25) is 0 Å². The predicted molar refractivity (Wildman–Crippen MR) is 130 cm³/mol. The molecule has 0 aliphatic heterocycles. The quantitative estimate of drug-likeness (QED) is 0.201. The van der Waals surface area contributed by atoms with E-state index in [4.69, 9.17) is 9.47 Å². The Kier molecular flexibility index (Phi) is 12.4. The van der Waals surface area contributed by atoms with E-state index in [9.17, 15) is 0 Å². The van der Waals surface area contributed by atoms with Crippen LogP contribution in [-0.2, 0) is 24.9 Å². The van der Waals surface area contributed by atoms with E-state index < -0.39 is 0 Å². The number of nitrogens with zero attached hydrogens (tertiary/aromatic N) is 4. The Hall–Kier alpha value is -1.88. The molecule has 0 saturated heterocycles. The van der Waals surface area contributed by atoms with Crippen molar-refractivity contribution in [3.05, 3.63) is 41.5 Å². The number of ether oxygens (including phenoxy) is 2. The van der Waals surface area contributed by atoms with Crippen molar-refractivity contribution in [3.8, 4) is 5.75 Å². The van der Waals surface area contributed by atoms with Crippen LogP contribution < -0.4 is 15.4 Å². The summed E-state index contributed by atoms with van der Waals surface area (Å²) in [4.78, 5) is 4.69. The summed E-state index contributed by atoms with van der Waals surface area (Å²) in [6, 6.07) is 7.91. The Morgan fingerprint density at radius 2 is 1.87 bits per heavy atom. The molecule has 0 radical (unpaired) electrons. The number of methoxy groups -OCH3 is 1. The van der Waals surface area contributed by atoms with E-state index in [1.165, 1.54) is 0 Å². The van der Waals surface area contributed by atoms with Crippen LogP contribution in [-0.4, -0.2) is 47.6 Å². The summed E-state index contributed by atoms with van der Waals surface area (Å²) in [5, 5.41) is 14.9. The van der Waals surface area contributed by atoms with Crippen molar-refractivity contribution >= 4 is 29.9 Å². The minimum absolute atomic E-state index is 0. The van der Waals surface area contributed by atoms with Gasteiger partial charge in [-0.15, -0.1) is 34.2 Å². The van der Waals surface area contributed by atoms with Crippen LogP contribution in [0.1, 0.15) is 37.5 Å². The Morgan fingerprint density at radius 1 is 1.13 bits per heavy atom. The van der Waals surface area contributed by atoms with Gasteiger partial charge in [-0.3, -0.25) is 0 Å². The number of halogens is 1. The molecule has 0 saturated carbocycles. The molecule has 0 unspecified atom stereocenters. The number of hydrogen-bond acceptors (Lipinski definition) is 5. The molecule has 1 heterocycles. The second-order valence-corrected chi connectivity index (χ2v) is 7.31. The molecule has 0 amide bonds. The first-order valence-electron chi connectivity index (χ1n) is 10.1. The lowest BCUT2D eigenvalue weighted by molar-refractivity contribution is 0.128. The van der Waals surface area contributed by atoms with Gasteiger partial charge in [0.05, 0.1) is 26.8 Å². The van der Waals surface area contributed by atoms with Gasteiger partial charge >= 0.3 is 0 Å². The smallest absolute Gasteiger partial charge is 0.192 e. The number of nitrogens with one attached hydrogen (secondary N) is 2. The highest BCUT2D eigenvalue weighted by Gasteiger charge is 2.06. The maximum atomic E-state index is 5.68. The summed E-state index contributed by atoms with van der Waals surface area (Å²) in [7, 11) is 3.62. The van der Waals surface area contributed by atoms with E-state index in [2.05, 4.69) is 39.7 Å². The van der Waals surface area contributed by atoms with Crippen molar-refractivity contribution in [2.45, 2.75) is 40.3 Å². The first kappa shape index (κ1) is 26.2. The van der Waals surface area contributed by atoms with Gasteiger partial charge in [0.15, 0.2) is 11.8 Å². The fourth-order valence-electron chi connectivity index (χ4n) is 2.51. The van der Waals surface area contributed by atoms with Crippen molar-refractivity contribution in [1.82, 2.24) is 25.4 Å². The molecule has 2 rings (SSSR count). The zero-order valence-corrected chi connectivity index (χ0v) is 21.0. The van der Waals surface area contributed by atoms with Crippen LogP contribution in [0.5, 0.6) is 5.75 Å². The molecule has 0 atom stereocenters. The molecule has 0 bridgehead atoms. The normalized spacial score (nSPS) is 11.3. The van der Waals surface area contributed by atoms with Gasteiger partial charge in [-0.05, 0) is 37.0 Å². The maximum absolute atomic E-state index is 5.68. The van der Waals surface area contributed by atoms with Crippen LogP contribution in [0.2, 0.25) is 0 Å². The molecule has 9 heteroatoms. The molecular weight excluding hydrogens is 495 g/mol. The summed E-state index contributed by atoms with van der Waals surface area (Å²) >= 11 is 0. The third-order valence-corrected chi connectivity index (χ3v) is 4.55. The van der Waals surface area contributed by atoms with Crippen LogP contribution in [0, 0.1) is 12.8 Å². The number of benzene rings is 1. The van der Waals surface area contributed by atoms with E-state index in [0.29, 0.717) is 38.1 Å². The highest BCUT2D eigenvalue weighted by molar-refractivity contribution is 14.0. The fraction of sp³-hybridized carbons (Fsp3) is 0.571. The second-order valence-electron chi connectivity index (χ2n) is 7.31. The van der Waals surface area contributed by atoms with Crippen molar-refractivity contribution in [2.24, 2.45) is 18.0 Å². The van der Waals surface area contributed by atoms with Gasteiger partial charge < -0.3 is 24.7 Å². The van der Waals surface area contributed by atoms with Crippen molar-refractivity contribution in [2.75, 3.05) is 26.9 Å². The minimum atomic E-state index is 0. The third-order valence-electron chi connectivity index (χ3n) is 4.55. The average Bonchev–Trinajstić information content (AvgIpc) is 3.04. The lowest BCUT2D eigenvalue weighted by atomic mass is 10.1. The second kappa shape index (κ2) is 14.2. The van der Waals surface area contributed by atoms with Crippen molar-refractivity contribution < 1.29 is 9.47 Å². The largest absolute Gasteiger partial charge is 0.497 e. The maximum Gasteiger partial charge on any atom is 0.192 e. The molecule has 1 aromatic carbocycles. The Bertz CT molecular complexity index is 761. The summed E-state index contributed by atoms with van der Waals surface area (Å²) in [5.74, 6) is 3.94. The highest BCUT2D eigenvalue weighted by atomic mass is 127. The minimum Gasteiger partial charge on any atom is -0.497 e. The lowest BCUT2D eigenvalue weighted by Crippen LogP contribution is -2.39. The summed E-state index contributed by atoms with van der Waals surface area (Å²) < 4.78 is 12.9. The summed E-state index contributed by atoms with van der Waals surface area (Å²) in [6.07, 6.45) is 1.07. The number of aryl methyl sites for hydroxylation is 1. The molecule has 168 valence electrons. The molecule has 8 nitrogen and oxygen atoms in total. The van der Waals surface area contributed by atoms with Gasteiger partial charge in [-0.1, -0.05) is 26.0 Å². The van der Waals surface area contributed by atoms with Crippen LogP contribution in [0.15, 0.2) is 29.3 Å². The lowest BCUT2D eigenvalue weighted by Gasteiger charge is -2.13. The first-order valence-corrected chi connectivity index (χ1v) is 10.1. The number of guanidine groups is 1. The summed E-state index contributed by atoms with van der Waals surface area (Å²) in [6.45, 7) is 9.54. The zero-order chi connectivity index (χ0) is 21.1. The number of aliphatic imine (C=N–C) groups is 1. The van der Waals surface area contributed by atoms with Gasteiger partial charge in [-0.25, -0.2) is 4.99 Å². The molecule has 0 aliphatic carbocycles. The molecule has 2 N–H and O–H groups in total. The van der Waals surface area contributed by atoms with E-state index in [-0.39, 0.29) is 24.0 Å². The van der Waals surface area contributed by atoms with Gasteiger partial charge in [0, 0.05) is 20.2 Å². The molecular formula is C21H35IN6O2. The van der Waals surface area contributed by atoms with Crippen LogP contribution in [0.3, 0.4) is 0 Å². The molecule has 2 aromatic rings. The number of hydrogen-bond donors (Lipinski definition) is 2. The topological polar surface area (TPSA) is 85.6 Å². The van der Waals surface area contributed by atoms with Crippen LogP contribution >= 0.6 is 24.0 Å². The van der Waals surface area contributed by atoms with E-state index in [1.807, 2.05) is 42.8 Å². The van der Waals surface area contributed by atoms with Crippen LogP contribution in [0.4, 0.5) is 0 Å². The van der Waals surface area contributed by atoms with Gasteiger partial charge in [0.25, 0.3) is 0 Å². The Balaban J connectivity index is 0.00000450. The van der Waals surface area contributed by atoms with E-state index in [0.717, 1.165) is 36.0 Å². The van der Waals surface area contributed by atoms with Crippen molar-refractivity contribution in [3.63, 3.8) is 0 Å². The highest BCUT2D eigenvalue weighted by Crippen LogP contribution is 2.11. The Labute approximate surface area is 196 Å². The SMILES string of the molecule is COc1ccc(CN=C(NCCOCCC(C)C)NCc2nnc(C)n2C)cc1.I. The average molecular weight is 530 g/mol. The Morgan fingerprint density at radius 3 is 2.47 bits per heavy atom. The summed E-state index contributed by atoms with van der Waals surface area (Å²) in [5.41, 5.74) is 1.11. The standard InChI is InChI=1S/C21H34N6O2.HI/c1-16(2)10-12-29-13-11-22-21(24-15-20-26-25-17(3)27(20)4)23-14-18-6-8-19(28-5)9-7-18;/h6-9,16H,10-15H2,1-5H3,(H2,22,23,24);1H. The molecule has 1 aromatic heterocycles.